The van der Waals surface area contributed by atoms with Crippen molar-refractivity contribution in [2.45, 2.75) is 11.6 Å². The van der Waals surface area contributed by atoms with Crippen LogP contribution in [-0.4, -0.2) is 38.4 Å². The minimum atomic E-state index is -4.18. The number of rotatable bonds is 5. The van der Waals surface area contributed by atoms with Crippen LogP contribution in [0, 0.1) is 0 Å². The van der Waals surface area contributed by atoms with Gasteiger partial charge in [0.15, 0.2) is 0 Å². The Hall–Kier alpha value is -0.0000000000000000555. The SMILES string of the molecule is COCC(Cl)CNCC(F)(F)F. The van der Waals surface area contributed by atoms with Crippen LogP contribution in [-0.2, 0) is 4.74 Å². The summed E-state index contributed by atoms with van der Waals surface area (Å²) in [5.74, 6) is 0. The Labute approximate surface area is 74.0 Å². The third kappa shape index (κ3) is 8.10. The average Bonchev–Trinajstić information content (AvgIpc) is 1.84. The zero-order valence-corrected chi connectivity index (χ0v) is 7.37. The van der Waals surface area contributed by atoms with Gasteiger partial charge in [-0.25, -0.2) is 0 Å². The van der Waals surface area contributed by atoms with Crippen LogP contribution in [0.3, 0.4) is 0 Å². The van der Waals surface area contributed by atoms with Gasteiger partial charge in [-0.3, -0.25) is 0 Å². The van der Waals surface area contributed by atoms with Crippen molar-refractivity contribution in [3.63, 3.8) is 0 Å². The Kier molecular flexibility index (Phi) is 5.61. The predicted molar refractivity (Wildman–Crippen MR) is 40.4 cm³/mol. The van der Waals surface area contributed by atoms with Crippen LogP contribution in [0.5, 0.6) is 0 Å². The zero-order chi connectivity index (χ0) is 9.61. The molecule has 0 radical (unpaired) electrons. The molecule has 1 atom stereocenters. The summed E-state index contributed by atoms with van der Waals surface area (Å²) >= 11 is 5.55. The van der Waals surface area contributed by atoms with Crippen molar-refractivity contribution in [1.29, 1.82) is 0 Å². The number of methoxy groups -OCH3 is 1. The van der Waals surface area contributed by atoms with E-state index in [1.54, 1.807) is 0 Å². The minimum absolute atomic E-state index is 0.0922. The van der Waals surface area contributed by atoms with Gasteiger partial charge >= 0.3 is 6.18 Å². The molecule has 0 aromatic heterocycles. The molecule has 0 aromatic carbocycles. The standard InChI is InChI=1S/C6H11ClF3NO/c1-12-3-5(7)2-11-4-6(8,9)10/h5,11H,2-4H2,1H3. The molecule has 2 nitrogen and oxygen atoms in total. The highest BCUT2D eigenvalue weighted by atomic mass is 35.5. The van der Waals surface area contributed by atoms with E-state index in [9.17, 15) is 13.2 Å². The van der Waals surface area contributed by atoms with Gasteiger partial charge < -0.3 is 10.1 Å². The summed E-state index contributed by atoms with van der Waals surface area (Å²) in [6.45, 7) is -0.679. The fraction of sp³-hybridized carbons (Fsp3) is 1.00. The second kappa shape index (κ2) is 5.61. The monoisotopic (exact) mass is 205 g/mol. The molecule has 0 heterocycles. The summed E-state index contributed by atoms with van der Waals surface area (Å²) in [4.78, 5) is 0. The smallest absolute Gasteiger partial charge is 0.383 e. The van der Waals surface area contributed by atoms with Crippen LogP contribution in [0.15, 0.2) is 0 Å². The quantitative estimate of drug-likeness (QED) is 0.685. The third-order valence-electron chi connectivity index (χ3n) is 1.04. The number of ether oxygens (including phenoxy) is 1. The Morgan fingerprint density at radius 2 is 2.08 bits per heavy atom. The molecule has 0 spiro atoms. The molecule has 0 saturated carbocycles. The van der Waals surface area contributed by atoms with Gasteiger partial charge in [0.1, 0.15) is 0 Å². The lowest BCUT2D eigenvalue weighted by Gasteiger charge is -2.11. The second-order valence-corrected chi connectivity index (χ2v) is 2.92. The van der Waals surface area contributed by atoms with E-state index in [0.717, 1.165) is 0 Å². The summed E-state index contributed by atoms with van der Waals surface area (Å²) in [5, 5.41) is 1.75. The first kappa shape index (κ1) is 12.0. The van der Waals surface area contributed by atoms with Crippen molar-refractivity contribution in [1.82, 2.24) is 5.32 Å². The summed E-state index contributed by atoms with van der Waals surface area (Å²) in [5.41, 5.74) is 0. The molecular weight excluding hydrogens is 195 g/mol. The summed E-state index contributed by atoms with van der Waals surface area (Å²) < 4.78 is 39.3. The highest BCUT2D eigenvalue weighted by molar-refractivity contribution is 6.20. The van der Waals surface area contributed by atoms with Gasteiger partial charge in [-0.1, -0.05) is 0 Å². The maximum Gasteiger partial charge on any atom is 0.401 e. The highest BCUT2D eigenvalue weighted by Crippen LogP contribution is 2.12. The van der Waals surface area contributed by atoms with Crippen molar-refractivity contribution >= 4 is 11.6 Å². The van der Waals surface area contributed by atoms with Crippen LogP contribution < -0.4 is 5.32 Å². The second-order valence-electron chi connectivity index (χ2n) is 2.30. The van der Waals surface area contributed by atoms with Gasteiger partial charge in [0, 0.05) is 13.7 Å². The van der Waals surface area contributed by atoms with E-state index in [-0.39, 0.29) is 13.2 Å². The molecule has 0 aliphatic heterocycles. The van der Waals surface area contributed by atoms with E-state index in [2.05, 4.69) is 10.1 Å². The van der Waals surface area contributed by atoms with Gasteiger partial charge in [-0.2, -0.15) is 13.2 Å². The van der Waals surface area contributed by atoms with Crippen molar-refractivity contribution in [3.05, 3.63) is 0 Å². The summed E-state index contributed by atoms with van der Waals surface area (Å²) in [6, 6.07) is 0. The Balaban J connectivity index is 3.31. The van der Waals surface area contributed by atoms with Gasteiger partial charge in [0.05, 0.1) is 18.5 Å². The molecule has 0 aliphatic rings. The largest absolute Gasteiger partial charge is 0.401 e. The molecule has 0 aliphatic carbocycles. The number of halogens is 4. The van der Waals surface area contributed by atoms with Crippen LogP contribution in [0.25, 0.3) is 0 Å². The van der Waals surface area contributed by atoms with Gasteiger partial charge in [0.2, 0.25) is 0 Å². The predicted octanol–water partition coefficient (Wildman–Crippen LogP) is 1.39. The maximum atomic E-state index is 11.6. The van der Waals surface area contributed by atoms with E-state index < -0.39 is 18.1 Å². The van der Waals surface area contributed by atoms with E-state index >= 15 is 0 Å². The first-order valence-corrected chi connectivity index (χ1v) is 3.80. The van der Waals surface area contributed by atoms with Gasteiger partial charge in [-0.05, 0) is 0 Å². The minimum Gasteiger partial charge on any atom is -0.383 e. The summed E-state index contributed by atoms with van der Waals surface area (Å²) in [7, 11) is 1.44. The van der Waals surface area contributed by atoms with Crippen molar-refractivity contribution < 1.29 is 17.9 Å². The van der Waals surface area contributed by atoms with E-state index in [1.165, 1.54) is 7.11 Å². The molecule has 0 aromatic rings. The van der Waals surface area contributed by atoms with Crippen molar-refractivity contribution in [2.24, 2.45) is 0 Å². The molecule has 1 N–H and O–H groups in total. The molecule has 0 amide bonds. The normalized spacial score (nSPS) is 14.8. The lowest BCUT2D eigenvalue weighted by Crippen LogP contribution is -2.34. The molecule has 1 unspecified atom stereocenters. The number of hydrogen-bond acceptors (Lipinski definition) is 2. The van der Waals surface area contributed by atoms with Crippen LogP contribution in [0.1, 0.15) is 0 Å². The van der Waals surface area contributed by atoms with E-state index in [0.29, 0.717) is 0 Å². The molecule has 74 valence electrons. The zero-order valence-electron chi connectivity index (χ0n) is 6.62. The lowest BCUT2D eigenvalue weighted by molar-refractivity contribution is -0.124. The number of alkyl halides is 4. The highest BCUT2D eigenvalue weighted by Gasteiger charge is 2.26. The molecule has 0 rings (SSSR count). The maximum absolute atomic E-state index is 11.6. The molecule has 0 fully saturated rings. The molecule has 6 heteroatoms. The third-order valence-corrected chi connectivity index (χ3v) is 1.32. The van der Waals surface area contributed by atoms with Crippen LogP contribution in [0.2, 0.25) is 0 Å². The number of hydrogen-bond donors (Lipinski definition) is 1. The van der Waals surface area contributed by atoms with E-state index in [4.69, 9.17) is 11.6 Å². The van der Waals surface area contributed by atoms with Crippen LogP contribution in [0.4, 0.5) is 13.2 Å². The van der Waals surface area contributed by atoms with Crippen molar-refractivity contribution in [2.75, 3.05) is 26.8 Å². The van der Waals surface area contributed by atoms with Crippen LogP contribution >= 0.6 is 11.6 Å². The molecule has 0 bridgehead atoms. The molecule has 0 saturated heterocycles. The first-order chi connectivity index (χ1) is 5.45. The molecular formula is C6H11ClF3NO. The Morgan fingerprint density at radius 1 is 1.50 bits per heavy atom. The topological polar surface area (TPSA) is 21.3 Å². The first-order valence-electron chi connectivity index (χ1n) is 3.36. The fourth-order valence-corrected chi connectivity index (χ4v) is 0.845. The lowest BCUT2D eigenvalue weighted by atomic mass is 10.4. The van der Waals surface area contributed by atoms with Crippen molar-refractivity contribution in [3.8, 4) is 0 Å². The number of nitrogens with one attached hydrogen (secondary N) is 1. The Bertz CT molecular complexity index is 120. The van der Waals surface area contributed by atoms with Gasteiger partial charge in [-0.15, -0.1) is 11.6 Å². The van der Waals surface area contributed by atoms with E-state index in [1.807, 2.05) is 0 Å². The Morgan fingerprint density at radius 3 is 2.50 bits per heavy atom. The van der Waals surface area contributed by atoms with Gasteiger partial charge in [0.25, 0.3) is 0 Å². The average molecular weight is 206 g/mol. The fourth-order valence-electron chi connectivity index (χ4n) is 0.610. The summed E-state index contributed by atoms with van der Waals surface area (Å²) in [6.07, 6.45) is -4.18. The molecule has 12 heavy (non-hydrogen) atoms.